The van der Waals surface area contributed by atoms with E-state index in [1.165, 1.54) is 0 Å². The highest BCUT2D eigenvalue weighted by atomic mass is 35.5. The van der Waals surface area contributed by atoms with E-state index in [1.54, 1.807) is 67.6 Å². The van der Waals surface area contributed by atoms with Gasteiger partial charge in [-0.1, -0.05) is 54.1 Å². The summed E-state index contributed by atoms with van der Waals surface area (Å²) in [5, 5.41) is 15.3. The predicted molar refractivity (Wildman–Crippen MR) is 119 cm³/mol. The fourth-order valence-electron chi connectivity index (χ4n) is 2.27. The molecule has 29 heavy (non-hydrogen) atoms. The minimum atomic E-state index is -1.19. The summed E-state index contributed by atoms with van der Waals surface area (Å²) in [6, 6.07) is 13.4. The van der Waals surface area contributed by atoms with Crippen LogP contribution >= 0.6 is 11.6 Å². The number of hydrogen-bond donors (Lipinski definition) is 2. The smallest absolute Gasteiger partial charge is 0.349 e. The number of ether oxygens (including phenoxy) is 1. The molecular formula is C22H26ClN3O3. The zero-order valence-corrected chi connectivity index (χ0v) is 17.3. The van der Waals surface area contributed by atoms with Crippen molar-refractivity contribution in [3.8, 4) is 5.75 Å². The lowest BCUT2D eigenvalue weighted by molar-refractivity contribution is -0.145. The predicted octanol–water partition coefficient (Wildman–Crippen LogP) is 5.37. The molecule has 7 heteroatoms. The number of aliphatic carboxylic acids is 1. The number of benzene rings is 2. The molecule has 0 amide bonds. The van der Waals surface area contributed by atoms with Gasteiger partial charge in [0, 0.05) is 22.7 Å². The molecule has 0 radical (unpaired) electrons. The molecule has 1 atom stereocenters. The van der Waals surface area contributed by atoms with Crippen molar-refractivity contribution in [2.45, 2.75) is 26.4 Å². The van der Waals surface area contributed by atoms with Gasteiger partial charge in [0.1, 0.15) is 11.4 Å². The van der Waals surface area contributed by atoms with E-state index in [0.29, 0.717) is 22.7 Å². The summed E-state index contributed by atoms with van der Waals surface area (Å²) in [4.78, 5) is 11.7. The van der Waals surface area contributed by atoms with Gasteiger partial charge in [-0.25, -0.2) is 10.6 Å². The van der Waals surface area contributed by atoms with Crippen LogP contribution in [0.4, 0.5) is 5.69 Å². The molecule has 0 heterocycles. The molecule has 0 aromatic heterocycles. The average Bonchev–Trinajstić information content (AvgIpc) is 2.68. The van der Waals surface area contributed by atoms with Gasteiger partial charge in [-0.05, 0) is 32.0 Å². The third-order valence-electron chi connectivity index (χ3n) is 3.46. The Bertz CT molecular complexity index is 854. The minimum Gasteiger partial charge on any atom is -0.478 e. The van der Waals surface area contributed by atoms with Crippen molar-refractivity contribution in [2.24, 2.45) is 10.9 Å². The highest BCUT2D eigenvalue weighted by molar-refractivity contribution is 6.30. The summed E-state index contributed by atoms with van der Waals surface area (Å²) in [5.41, 5.74) is 1.59. The largest absolute Gasteiger partial charge is 0.478 e. The zero-order valence-electron chi connectivity index (χ0n) is 16.6. The molecule has 0 aliphatic heterocycles. The summed E-state index contributed by atoms with van der Waals surface area (Å²) < 4.78 is 5.74. The molecule has 2 rings (SSSR count). The Balaban J connectivity index is 0.00000132. The number of halogens is 1. The summed E-state index contributed by atoms with van der Waals surface area (Å²) in [6.07, 6.45) is 2.83. The topological polar surface area (TPSA) is 88.1 Å². The Morgan fingerprint density at radius 3 is 2.48 bits per heavy atom. The summed E-state index contributed by atoms with van der Waals surface area (Å²) >= 11 is 6.06. The summed E-state index contributed by atoms with van der Waals surface area (Å²) in [7, 11) is 0. The third kappa shape index (κ3) is 7.81. The lowest BCUT2D eigenvalue weighted by Crippen LogP contribution is -2.27. The summed E-state index contributed by atoms with van der Waals surface area (Å²) in [6.45, 7) is 10.7. The van der Waals surface area contributed by atoms with Crippen LogP contribution in [0.2, 0.25) is 5.02 Å². The molecule has 0 aliphatic rings. The second kappa shape index (κ2) is 12.4. The maximum atomic E-state index is 11.7. The zero-order chi connectivity index (χ0) is 21.8. The molecule has 2 aromatic rings. The number of hydrazine groups is 1. The van der Waals surface area contributed by atoms with Gasteiger partial charge in [-0.15, -0.1) is 13.2 Å². The molecule has 3 N–H and O–H groups in total. The van der Waals surface area contributed by atoms with Gasteiger partial charge in [0.05, 0.1) is 0 Å². The highest BCUT2D eigenvalue weighted by Crippen LogP contribution is 2.34. The van der Waals surface area contributed by atoms with E-state index < -0.39 is 12.1 Å². The number of carbonyl (C=O) groups is 1. The van der Waals surface area contributed by atoms with Crippen LogP contribution in [0.25, 0.3) is 0 Å². The first-order valence-corrected chi connectivity index (χ1v) is 9.22. The maximum absolute atomic E-state index is 11.7. The van der Waals surface area contributed by atoms with Crippen molar-refractivity contribution in [3.05, 3.63) is 84.4 Å². The Morgan fingerprint density at radius 2 is 1.93 bits per heavy atom. The highest BCUT2D eigenvalue weighted by Gasteiger charge is 2.24. The van der Waals surface area contributed by atoms with Crippen LogP contribution in [-0.4, -0.2) is 16.8 Å². The first-order chi connectivity index (χ1) is 13.8. The minimum absolute atomic E-state index is 0.253. The van der Waals surface area contributed by atoms with Crippen molar-refractivity contribution < 1.29 is 14.6 Å². The second-order valence-corrected chi connectivity index (χ2v) is 6.38. The van der Waals surface area contributed by atoms with Gasteiger partial charge in [-0.2, -0.15) is 10.2 Å². The van der Waals surface area contributed by atoms with E-state index in [0.717, 1.165) is 10.8 Å². The van der Waals surface area contributed by atoms with Crippen LogP contribution in [0, 0.1) is 0 Å². The number of nitrogens with two attached hydrogens (primary N) is 1. The molecule has 2 aromatic carbocycles. The molecule has 154 valence electrons. The number of carboxylic acid groups (broad SMARTS) is 1. The van der Waals surface area contributed by atoms with Gasteiger partial charge >= 0.3 is 5.97 Å². The SMILES string of the molecule is C=CC.C=CC/C(C)=N\N(N)c1cc(Cl)ccc1O[C@H](C(=O)O)c1ccccc1. The van der Waals surface area contributed by atoms with Crippen molar-refractivity contribution in [3.63, 3.8) is 0 Å². The Morgan fingerprint density at radius 1 is 1.31 bits per heavy atom. The molecule has 0 bridgehead atoms. The molecule has 0 aliphatic carbocycles. The Hall–Kier alpha value is -3.09. The number of carboxylic acids is 1. The second-order valence-electron chi connectivity index (χ2n) is 5.94. The normalized spacial score (nSPS) is 11.5. The van der Waals surface area contributed by atoms with Crippen molar-refractivity contribution in [2.75, 3.05) is 5.12 Å². The van der Waals surface area contributed by atoms with Crippen LogP contribution in [0.1, 0.15) is 31.9 Å². The number of anilines is 1. The van der Waals surface area contributed by atoms with Crippen LogP contribution in [0.5, 0.6) is 5.75 Å². The number of rotatable bonds is 8. The number of hydrazone groups is 1. The first kappa shape index (κ1) is 23.9. The first-order valence-electron chi connectivity index (χ1n) is 8.84. The van der Waals surface area contributed by atoms with E-state index in [4.69, 9.17) is 22.2 Å². The van der Waals surface area contributed by atoms with E-state index in [9.17, 15) is 9.90 Å². The lowest BCUT2D eigenvalue weighted by atomic mass is 10.1. The Kier molecular flexibility index (Phi) is 10.2. The van der Waals surface area contributed by atoms with Crippen molar-refractivity contribution >= 4 is 29.0 Å². The lowest BCUT2D eigenvalue weighted by Gasteiger charge is -2.21. The van der Waals surface area contributed by atoms with Gasteiger partial charge in [-0.3, -0.25) is 0 Å². The quantitative estimate of drug-likeness (QED) is 0.262. The molecule has 0 saturated carbocycles. The van der Waals surface area contributed by atoms with Crippen molar-refractivity contribution in [1.82, 2.24) is 0 Å². The monoisotopic (exact) mass is 415 g/mol. The molecule has 0 fully saturated rings. The average molecular weight is 416 g/mol. The maximum Gasteiger partial charge on any atom is 0.349 e. The molecule has 0 spiro atoms. The fourth-order valence-corrected chi connectivity index (χ4v) is 2.44. The Labute approximate surface area is 176 Å². The summed E-state index contributed by atoms with van der Waals surface area (Å²) in [5.74, 6) is 5.15. The van der Waals surface area contributed by atoms with E-state index in [2.05, 4.69) is 18.3 Å². The van der Waals surface area contributed by atoms with Crippen LogP contribution in [-0.2, 0) is 4.79 Å². The van der Waals surface area contributed by atoms with Gasteiger partial charge < -0.3 is 9.84 Å². The van der Waals surface area contributed by atoms with Crippen LogP contribution in [0.3, 0.4) is 0 Å². The van der Waals surface area contributed by atoms with Crippen LogP contribution in [0.15, 0.2) is 78.9 Å². The van der Waals surface area contributed by atoms with E-state index in [1.807, 2.05) is 6.92 Å². The van der Waals surface area contributed by atoms with E-state index >= 15 is 0 Å². The molecular weight excluding hydrogens is 390 g/mol. The van der Waals surface area contributed by atoms with Crippen molar-refractivity contribution in [1.29, 1.82) is 0 Å². The molecule has 6 nitrogen and oxygen atoms in total. The van der Waals surface area contributed by atoms with Crippen LogP contribution < -0.4 is 15.7 Å². The third-order valence-corrected chi connectivity index (χ3v) is 3.69. The molecule has 0 saturated heterocycles. The van der Waals surface area contributed by atoms with Gasteiger partial charge in [0.15, 0.2) is 0 Å². The molecule has 0 unspecified atom stereocenters. The number of hydrogen-bond acceptors (Lipinski definition) is 5. The van der Waals surface area contributed by atoms with Gasteiger partial charge in [0.2, 0.25) is 6.10 Å². The van der Waals surface area contributed by atoms with Gasteiger partial charge in [0.25, 0.3) is 0 Å². The fraction of sp³-hybridized carbons (Fsp3) is 0.182. The number of nitrogens with zero attached hydrogens (tertiary/aromatic N) is 2. The standard InChI is InChI=1S/C19H20ClN3O3.C3H6/c1-3-7-13(2)22-23(21)16-12-15(20)10-11-17(16)26-18(19(24)25)14-8-5-4-6-9-14;1-3-2/h3-6,8-12,18H,1,7,21H2,2H3,(H,24,25);3H,1H2,2H3/b22-13-;/t18-;/m0./s1. The van der Waals surface area contributed by atoms with E-state index in [-0.39, 0.29) is 5.75 Å². The number of allylic oxidation sites excluding steroid dienone is 2.